The summed E-state index contributed by atoms with van der Waals surface area (Å²) in [6, 6.07) is 3.50. The molecule has 0 unspecified atom stereocenters. The van der Waals surface area contributed by atoms with Gasteiger partial charge in [0.2, 0.25) is 0 Å². The molecule has 4 nitrogen and oxygen atoms in total. The van der Waals surface area contributed by atoms with Gasteiger partial charge in [0, 0.05) is 24.2 Å². The molecule has 0 aromatic carbocycles. The number of hydrogen-bond donors (Lipinski definition) is 1. The Balaban J connectivity index is 2.60. The topological polar surface area (TPSA) is 58.6 Å². The Morgan fingerprint density at radius 2 is 2.00 bits per heavy atom. The summed E-state index contributed by atoms with van der Waals surface area (Å²) in [5.41, 5.74) is 1.18. The van der Waals surface area contributed by atoms with Gasteiger partial charge in [-0.15, -0.1) is 0 Å². The molecule has 4 heteroatoms. The lowest BCUT2D eigenvalue weighted by atomic mass is 10.1. The summed E-state index contributed by atoms with van der Waals surface area (Å²) in [6.07, 6.45) is 6.24. The van der Waals surface area contributed by atoms with Crippen LogP contribution < -0.4 is 5.56 Å². The molecule has 0 saturated carbocycles. The molecule has 0 spiro atoms. The average molecular weight is 173 g/mol. The van der Waals surface area contributed by atoms with Crippen LogP contribution in [0.1, 0.15) is 0 Å². The van der Waals surface area contributed by atoms with Crippen LogP contribution in [0.4, 0.5) is 0 Å². The van der Waals surface area contributed by atoms with Crippen molar-refractivity contribution in [2.75, 3.05) is 0 Å². The highest BCUT2D eigenvalue weighted by Crippen LogP contribution is 2.09. The summed E-state index contributed by atoms with van der Waals surface area (Å²) in [4.78, 5) is 21.6. The molecule has 0 atom stereocenters. The van der Waals surface area contributed by atoms with E-state index < -0.39 is 0 Å². The van der Waals surface area contributed by atoms with Gasteiger partial charge in [-0.3, -0.25) is 4.79 Å². The predicted octanol–water partition coefficient (Wildman–Crippen LogP) is 0.832. The Bertz CT molecular complexity index is 450. The standard InChI is InChI=1S/C9H7N3O/c13-9-8(2-1-3-12-9)7-4-10-6-11-5-7/h1-6H,(H,12,13). The van der Waals surface area contributed by atoms with Crippen molar-refractivity contribution in [2.24, 2.45) is 0 Å². The third-order valence-corrected chi connectivity index (χ3v) is 1.69. The monoisotopic (exact) mass is 173 g/mol. The molecule has 2 aromatic heterocycles. The first-order chi connectivity index (χ1) is 6.38. The molecule has 0 aliphatic carbocycles. The van der Waals surface area contributed by atoms with Gasteiger partial charge >= 0.3 is 0 Å². The zero-order valence-corrected chi connectivity index (χ0v) is 6.77. The van der Waals surface area contributed by atoms with Crippen molar-refractivity contribution in [3.8, 4) is 11.1 Å². The minimum atomic E-state index is -0.127. The van der Waals surface area contributed by atoms with E-state index in [1.54, 1.807) is 30.7 Å². The highest BCUT2D eigenvalue weighted by atomic mass is 16.1. The van der Waals surface area contributed by atoms with Crippen LogP contribution in [0.2, 0.25) is 0 Å². The third-order valence-electron chi connectivity index (χ3n) is 1.69. The fourth-order valence-corrected chi connectivity index (χ4v) is 1.09. The van der Waals surface area contributed by atoms with Gasteiger partial charge in [0.25, 0.3) is 5.56 Å². The first-order valence-corrected chi connectivity index (χ1v) is 3.81. The summed E-state index contributed by atoms with van der Waals surface area (Å²) < 4.78 is 0. The van der Waals surface area contributed by atoms with Crippen molar-refractivity contribution in [3.05, 3.63) is 47.4 Å². The Labute approximate surface area is 74.3 Å². The SMILES string of the molecule is O=c1[nH]cccc1-c1cncnc1. The third kappa shape index (κ3) is 1.46. The zero-order chi connectivity index (χ0) is 9.10. The predicted molar refractivity (Wildman–Crippen MR) is 48.1 cm³/mol. The Hall–Kier alpha value is -1.97. The van der Waals surface area contributed by atoms with Crippen molar-refractivity contribution in [3.63, 3.8) is 0 Å². The van der Waals surface area contributed by atoms with Gasteiger partial charge in [0.1, 0.15) is 6.33 Å². The van der Waals surface area contributed by atoms with E-state index in [0.29, 0.717) is 5.56 Å². The Morgan fingerprint density at radius 3 is 2.69 bits per heavy atom. The minimum absolute atomic E-state index is 0.127. The van der Waals surface area contributed by atoms with E-state index in [-0.39, 0.29) is 5.56 Å². The number of H-pyrrole nitrogens is 1. The quantitative estimate of drug-likeness (QED) is 0.694. The summed E-state index contributed by atoms with van der Waals surface area (Å²) in [6.45, 7) is 0. The van der Waals surface area contributed by atoms with Crippen LogP contribution in [0.5, 0.6) is 0 Å². The van der Waals surface area contributed by atoms with E-state index in [4.69, 9.17) is 0 Å². The van der Waals surface area contributed by atoms with E-state index in [1.807, 2.05) is 0 Å². The van der Waals surface area contributed by atoms with Crippen LogP contribution in [0, 0.1) is 0 Å². The lowest BCUT2D eigenvalue weighted by Crippen LogP contribution is -2.07. The molecular formula is C9H7N3O. The number of nitrogens with zero attached hydrogens (tertiary/aromatic N) is 2. The maximum Gasteiger partial charge on any atom is 0.255 e. The molecule has 2 heterocycles. The van der Waals surface area contributed by atoms with Crippen LogP contribution in [0.25, 0.3) is 11.1 Å². The van der Waals surface area contributed by atoms with E-state index in [9.17, 15) is 4.79 Å². The van der Waals surface area contributed by atoms with Crippen LogP contribution in [-0.4, -0.2) is 15.0 Å². The number of aromatic nitrogens is 3. The lowest BCUT2D eigenvalue weighted by Gasteiger charge is -1.96. The molecule has 2 rings (SSSR count). The van der Waals surface area contributed by atoms with Crippen LogP contribution >= 0.6 is 0 Å². The molecule has 2 aromatic rings. The summed E-state index contributed by atoms with van der Waals surface area (Å²) >= 11 is 0. The highest BCUT2D eigenvalue weighted by Gasteiger charge is 2.00. The van der Waals surface area contributed by atoms with Gasteiger partial charge in [0.15, 0.2) is 0 Å². The van der Waals surface area contributed by atoms with Gasteiger partial charge in [-0.2, -0.15) is 0 Å². The molecule has 0 amide bonds. The number of pyridine rings is 1. The Kier molecular flexibility index (Phi) is 1.88. The molecular weight excluding hydrogens is 166 g/mol. The fraction of sp³-hybridized carbons (Fsp3) is 0. The molecule has 0 fully saturated rings. The first kappa shape index (κ1) is 7.67. The zero-order valence-electron chi connectivity index (χ0n) is 6.77. The molecule has 13 heavy (non-hydrogen) atoms. The van der Waals surface area contributed by atoms with Gasteiger partial charge < -0.3 is 4.98 Å². The maximum atomic E-state index is 11.3. The molecule has 0 aliphatic heterocycles. The highest BCUT2D eigenvalue weighted by molar-refractivity contribution is 5.59. The van der Waals surface area contributed by atoms with Gasteiger partial charge in [0.05, 0.1) is 5.56 Å². The van der Waals surface area contributed by atoms with Crippen molar-refractivity contribution >= 4 is 0 Å². The van der Waals surface area contributed by atoms with Crippen LogP contribution in [0.15, 0.2) is 41.8 Å². The fourth-order valence-electron chi connectivity index (χ4n) is 1.09. The lowest BCUT2D eigenvalue weighted by molar-refractivity contribution is 1.16. The average Bonchev–Trinajstić information content (AvgIpc) is 2.20. The van der Waals surface area contributed by atoms with Gasteiger partial charge in [-0.1, -0.05) is 0 Å². The number of nitrogens with one attached hydrogen (secondary N) is 1. The minimum Gasteiger partial charge on any atom is -0.329 e. The van der Waals surface area contributed by atoms with E-state index in [0.717, 1.165) is 5.56 Å². The Morgan fingerprint density at radius 1 is 1.23 bits per heavy atom. The second-order valence-corrected chi connectivity index (χ2v) is 2.54. The van der Waals surface area contributed by atoms with E-state index >= 15 is 0 Å². The smallest absolute Gasteiger partial charge is 0.255 e. The van der Waals surface area contributed by atoms with Gasteiger partial charge in [-0.05, 0) is 12.1 Å². The van der Waals surface area contributed by atoms with Crippen molar-refractivity contribution < 1.29 is 0 Å². The second kappa shape index (κ2) is 3.18. The normalized spacial score (nSPS) is 9.85. The number of aromatic amines is 1. The van der Waals surface area contributed by atoms with Crippen molar-refractivity contribution in [1.29, 1.82) is 0 Å². The second-order valence-electron chi connectivity index (χ2n) is 2.54. The molecule has 64 valence electrons. The largest absolute Gasteiger partial charge is 0.329 e. The summed E-state index contributed by atoms with van der Waals surface area (Å²) in [5, 5.41) is 0. The molecule has 0 saturated heterocycles. The van der Waals surface area contributed by atoms with E-state index in [2.05, 4.69) is 15.0 Å². The summed E-state index contributed by atoms with van der Waals surface area (Å²) in [5.74, 6) is 0. The number of hydrogen-bond acceptors (Lipinski definition) is 3. The van der Waals surface area contributed by atoms with Crippen molar-refractivity contribution in [2.45, 2.75) is 0 Å². The van der Waals surface area contributed by atoms with E-state index in [1.165, 1.54) is 6.33 Å². The van der Waals surface area contributed by atoms with Crippen molar-refractivity contribution in [1.82, 2.24) is 15.0 Å². The first-order valence-electron chi connectivity index (χ1n) is 3.81. The van der Waals surface area contributed by atoms with Crippen LogP contribution in [0.3, 0.4) is 0 Å². The molecule has 0 bridgehead atoms. The number of rotatable bonds is 1. The maximum absolute atomic E-state index is 11.3. The van der Waals surface area contributed by atoms with Gasteiger partial charge in [-0.25, -0.2) is 9.97 Å². The van der Waals surface area contributed by atoms with Crippen LogP contribution in [-0.2, 0) is 0 Å². The molecule has 1 N–H and O–H groups in total. The summed E-state index contributed by atoms with van der Waals surface area (Å²) in [7, 11) is 0. The molecule has 0 aliphatic rings. The molecule has 0 radical (unpaired) electrons.